The lowest BCUT2D eigenvalue weighted by molar-refractivity contribution is 0.560. The SMILES string of the molecule is CNC(Cc1ccc(Cl)cc1Cl)c1ncn[nH]1. The molecular formula is C11H12Cl2N4. The lowest BCUT2D eigenvalue weighted by atomic mass is 10.1. The summed E-state index contributed by atoms with van der Waals surface area (Å²) in [6.07, 6.45) is 2.21. The molecule has 1 atom stereocenters. The zero-order chi connectivity index (χ0) is 12.3. The second-order valence-electron chi connectivity index (χ2n) is 3.65. The average Bonchev–Trinajstić information content (AvgIpc) is 2.81. The number of rotatable bonds is 4. The summed E-state index contributed by atoms with van der Waals surface area (Å²) in [4.78, 5) is 4.13. The van der Waals surface area contributed by atoms with Crippen molar-refractivity contribution >= 4 is 23.2 Å². The van der Waals surface area contributed by atoms with Crippen LogP contribution in [0.1, 0.15) is 17.4 Å². The van der Waals surface area contributed by atoms with Gasteiger partial charge in [0, 0.05) is 10.0 Å². The van der Waals surface area contributed by atoms with E-state index < -0.39 is 0 Å². The summed E-state index contributed by atoms with van der Waals surface area (Å²) < 4.78 is 0. The Kier molecular flexibility index (Phi) is 3.99. The van der Waals surface area contributed by atoms with Crippen LogP contribution in [0.5, 0.6) is 0 Å². The number of hydrogen-bond acceptors (Lipinski definition) is 3. The predicted molar refractivity (Wildman–Crippen MR) is 68.3 cm³/mol. The van der Waals surface area contributed by atoms with Crippen LogP contribution >= 0.6 is 23.2 Å². The van der Waals surface area contributed by atoms with Crippen LogP contribution in [0.4, 0.5) is 0 Å². The van der Waals surface area contributed by atoms with Gasteiger partial charge in [0.05, 0.1) is 6.04 Å². The number of hydrogen-bond donors (Lipinski definition) is 2. The smallest absolute Gasteiger partial charge is 0.141 e. The van der Waals surface area contributed by atoms with Gasteiger partial charge in [0.15, 0.2) is 0 Å². The molecule has 1 unspecified atom stereocenters. The Morgan fingerprint density at radius 1 is 1.41 bits per heavy atom. The van der Waals surface area contributed by atoms with Crippen molar-refractivity contribution in [2.24, 2.45) is 0 Å². The maximum atomic E-state index is 6.13. The molecule has 0 aliphatic rings. The second kappa shape index (κ2) is 5.49. The van der Waals surface area contributed by atoms with E-state index in [2.05, 4.69) is 20.5 Å². The van der Waals surface area contributed by atoms with E-state index in [1.54, 1.807) is 6.07 Å². The maximum absolute atomic E-state index is 6.13. The maximum Gasteiger partial charge on any atom is 0.141 e. The van der Waals surface area contributed by atoms with Crippen LogP contribution in [0.2, 0.25) is 10.0 Å². The van der Waals surface area contributed by atoms with Gasteiger partial charge in [-0.3, -0.25) is 5.10 Å². The van der Waals surface area contributed by atoms with Crippen LogP contribution in [0.15, 0.2) is 24.5 Å². The summed E-state index contributed by atoms with van der Waals surface area (Å²) in [5, 5.41) is 11.2. The van der Waals surface area contributed by atoms with Crippen LogP contribution in [-0.2, 0) is 6.42 Å². The summed E-state index contributed by atoms with van der Waals surface area (Å²) >= 11 is 12.0. The minimum absolute atomic E-state index is 0.0520. The highest BCUT2D eigenvalue weighted by Crippen LogP contribution is 2.24. The highest BCUT2D eigenvalue weighted by Gasteiger charge is 2.14. The number of aromatic nitrogens is 3. The zero-order valence-corrected chi connectivity index (χ0v) is 10.8. The summed E-state index contributed by atoms with van der Waals surface area (Å²) in [7, 11) is 1.87. The van der Waals surface area contributed by atoms with Gasteiger partial charge in [0.1, 0.15) is 12.2 Å². The van der Waals surface area contributed by atoms with Crippen molar-refractivity contribution in [1.82, 2.24) is 20.5 Å². The van der Waals surface area contributed by atoms with Crippen molar-refractivity contribution in [2.75, 3.05) is 7.05 Å². The Morgan fingerprint density at radius 3 is 2.82 bits per heavy atom. The molecule has 1 heterocycles. The lowest BCUT2D eigenvalue weighted by Crippen LogP contribution is -2.20. The van der Waals surface area contributed by atoms with Gasteiger partial charge in [0.2, 0.25) is 0 Å². The molecule has 0 aliphatic heterocycles. The van der Waals surface area contributed by atoms with Gasteiger partial charge >= 0.3 is 0 Å². The van der Waals surface area contributed by atoms with Crippen LogP contribution in [-0.4, -0.2) is 22.2 Å². The molecule has 90 valence electrons. The number of aromatic amines is 1. The van der Waals surface area contributed by atoms with E-state index in [0.29, 0.717) is 10.0 Å². The summed E-state index contributed by atoms with van der Waals surface area (Å²) in [6, 6.07) is 5.54. The first-order chi connectivity index (χ1) is 8.20. The van der Waals surface area contributed by atoms with E-state index >= 15 is 0 Å². The molecule has 0 fully saturated rings. The normalized spacial score (nSPS) is 12.6. The van der Waals surface area contributed by atoms with E-state index in [0.717, 1.165) is 17.8 Å². The quantitative estimate of drug-likeness (QED) is 0.898. The van der Waals surface area contributed by atoms with Crippen molar-refractivity contribution in [3.63, 3.8) is 0 Å². The standard InChI is InChI=1S/C11H12Cl2N4/c1-14-10(11-15-6-16-17-11)4-7-2-3-8(12)5-9(7)13/h2-3,5-6,10,14H,4H2,1H3,(H,15,16,17). The molecule has 17 heavy (non-hydrogen) atoms. The Bertz CT molecular complexity index is 484. The number of nitrogens with zero attached hydrogens (tertiary/aromatic N) is 2. The molecule has 6 heteroatoms. The Labute approximate surface area is 109 Å². The first-order valence-electron chi connectivity index (χ1n) is 5.17. The average molecular weight is 271 g/mol. The number of nitrogens with one attached hydrogen (secondary N) is 2. The molecule has 0 saturated heterocycles. The topological polar surface area (TPSA) is 53.6 Å². The van der Waals surface area contributed by atoms with Gasteiger partial charge < -0.3 is 5.32 Å². The summed E-state index contributed by atoms with van der Waals surface area (Å²) in [5.41, 5.74) is 1.02. The second-order valence-corrected chi connectivity index (χ2v) is 4.50. The summed E-state index contributed by atoms with van der Waals surface area (Å²) in [5.74, 6) is 0.790. The third kappa shape index (κ3) is 2.97. The molecule has 0 saturated carbocycles. The summed E-state index contributed by atoms with van der Waals surface area (Å²) in [6.45, 7) is 0. The first-order valence-corrected chi connectivity index (χ1v) is 5.92. The van der Waals surface area contributed by atoms with Crippen molar-refractivity contribution < 1.29 is 0 Å². The fourth-order valence-corrected chi connectivity index (χ4v) is 2.11. The van der Waals surface area contributed by atoms with Gasteiger partial charge in [-0.2, -0.15) is 5.10 Å². The van der Waals surface area contributed by atoms with Gasteiger partial charge in [-0.1, -0.05) is 29.3 Å². The van der Waals surface area contributed by atoms with Crippen molar-refractivity contribution in [2.45, 2.75) is 12.5 Å². The van der Waals surface area contributed by atoms with Crippen LogP contribution in [0, 0.1) is 0 Å². The van der Waals surface area contributed by atoms with E-state index in [-0.39, 0.29) is 6.04 Å². The predicted octanol–water partition coefficient (Wildman–Crippen LogP) is 2.61. The molecule has 0 aliphatic carbocycles. The van der Waals surface area contributed by atoms with Crippen molar-refractivity contribution in [1.29, 1.82) is 0 Å². The van der Waals surface area contributed by atoms with Gasteiger partial charge in [-0.15, -0.1) is 0 Å². The van der Waals surface area contributed by atoms with Gasteiger partial charge in [-0.25, -0.2) is 4.98 Å². The van der Waals surface area contributed by atoms with Gasteiger partial charge in [0.25, 0.3) is 0 Å². The zero-order valence-electron chi connectivity index (χ0n) is 9.24. The van der Waals surface area contributed by atoms with Crippen molar-refractivity contribution in [3.8, 4) is 0 Å². The van der Waals surface area contributed by atoms with Crippen LogP contribution in [0.3, 0.4) is 0 Å². The molecular weight excluding hydrogens is 259 g/mol. The Balaban J connectivity index is 2.19. The van der Waals surface area contributed by atoms with Crippen LogP contribution in [0.25, 0.3) is 0 Å². The third-order valence-electron chi connectivity index (χ3n) is 2.55. The third-order valence-corrected chi connectivity index (χ3v) is 3.14. The largest absolute Gasteiger partial charge is 0.310 e. The molecule has 0 amide bonds. The molecule has 2 N–H and O–H groups in total. The molecule has 2 rings (SSSR count). The number of likely N-dealkylation sites (N-methyl/N-ethyl adjacent to an activating group) is 1. The minimum Gasteiger partial charge on any atom is -0.310 e. The Hall–Kier alpha value is -1.10. The highest BCUT2D eigenvalue weighted by atomic mass is 35.5. The van der Waals surface area contributed by atoms with Crippen molar-refractivity contribution in [3.05, 3.63) is 46.0 Å². The fraction of sp³-hybridized carbons (Fsp3) is 0.273. The van der Waals surface area contributed by atoms with E-state index in [1.165, 1.54) is 6.33 Å². The molecule has 0 bridgehead atoms. The first kappa shape index (κ1) is 12.4. The molecule has 0 spiro atoms. The fourth-order valence-electron chi connectivity index (χ4n) is 1.63. The molecule has 1 aromatic heterocycles. The molecule has 1 aromatic carbocycles. The van der Waals surface area contributed by atoms with Gasteiger partial charge in [-0.05, 0) is 31.2 Å². The molecule has 4 nitrogen and oxygen atoms in total. The lowest BCUT2D eigenvalue weighted by Gasteiger charge is -2.14. The highest BCUT2D eigenvalue weighted by molar-refractivity contribution is 6.35. The molecule has 2 aromatic rings. The van der Waals surface area contributed by atoms with E-state index in [4.69, 9.17) is 23.2 Å². The molecule has 0 radical (unpaired) electrons. The Morgan fingerprint density at radius 2 is 2.24 bits per heavy atom. The van der Waals surface area contributed by atoms with Crippen LogP contribution < -0.4 is 5.32 Å². The van der Waals surface area contributed by atoms with E-state index in [1.807, 2.05) is 19.2 Å². The number of benzene rings is 1. The number of H-pyrrole nitrogens is 1. The number of halogens is 2. The van der Waals surface area contributed by atoms with E-state index in [9.17, 15) is 0 Å². The monoisotopic (exact) mass is 270 g/mol. The minimum atomic E-state index is 0.0520.